The predicted octanol–water partition coefficient (Wildman–Crippen LogP) is 4.78. The van der Waals surface area contributed by atoms with E-state index in [2.05, 4.69) is 20.8 Å². The third-order valence-electron chi connectivity index (χ3n) is 12.0. The Labute approximate surface area is 211 Å². The second kappa shape index (κ2) is 9.11. The maximum atomic E-state index is 12.8. The van der Waals surface area contributed by atoms with Gasteiger partial charge in [-0.25, -0.2) is 8.42 Å². The maximum absolute atomic E-state index is 12.8. The Hall–Kier alpha value is -0.950. The number of amides is 1. The number of carbonyl (C=O) groups is 2. The molecule has 5 rings (SSSR count). The molecule has 35 heavy (non-hydrogen) atoms. The van der Waals surface area contributed by atoms with Crippen molar-refractivity contribution in [2.75, 3.05) is 13.1 Å². The summed E-state index contributed by atoms with van der Waals surface area (Å²) in [5, 5.41) is -0.937. The van der Waals surface area contributed by atoms with E-state index in [1.807, 2.05) is 0 Å². The van der Waals surface area contributed by atoms with E-state index >= 15 is 0 Å². The molecule has 1 heterocycles. The second-order valence-corrected chi connectivity index (χ2v) is 15.0. The molecule has 0 aromatic carbocycles. The molecular formula is C28H44NO5S-. The van der Waals surface area contributed by atoms with Crippen LogP contribution < -0.4 is 0 Å². The van der Waals surface area contributed by atoms with Gasteiger partial charge in [0.15, 0.2) is 0 Å². The lowest BCUT2D eigenvalue weighted by Crippen LogP contribution is -2.53. The highest BCUT2D eigenvalue weighted by Gasteiger charge is 2.60. The molecule has 0 N–H and O–H groups in total. The average Bonchev–Trinajstić information content (AvgIpc) is 3.43. The summed E-state index contributed by atoms with van der Waals surface area (Å²) in [4.78, 5) is 26.5. The summed E-state index contributed by atoms with van der Waals surface area (Å²) in [7, 11) is -4.32. The van der Waals surface area contributed by atoms with Gasteiger partial charge in [-0.05, 0) is 104 Å². The van der Waals surface area contributed by atoms with Crippen molar-refractivity contribution in [1.29, 1.82) is 0 Å². The van der Waals surface area contributed by atoms with Gasteiger partial charge in [-0.15, -0.1) is 0 Å². The normalized spacial score (nSPS) is 44.5. The Morgan fingerprint density at radius 1 is 1.06 bits per heavy atom. The molecule has 0 unspecified atom stereocenters. The third kappa shape index (κ3) is 4.41. The smallest absolute Gasteiger partial charge is 0.222 e. The predicted molar refractivity (Wildman–Crippen MR) is 133 cm³/mol. The summed E-state index contributed by atoms with van der Waals surface area (Å²) in [5.41, 5.74) is 0.687. The highest BCUT2D eigenvalue weighted by Crippen LogP contribution is 2.68. The fourth-order valence-corrected chi connectivity index (χ4v) is 10.7. The van der Waals surface area contributed by atoms with Crippen molar-refractivity contribution in [3.8, 4) is 0 Å². The molecule has 1 aliphatic heterocycles. The fraction of sp³-hybridized carbons (Fsp3) is 0.929. The van der Waals surface area contributed by atoms with Crippen LogP contribution in [-0.2, 0) is 19.7 Å². The van der Waals surface area contributed by atoms with Gasteiger partial charge in [0.05, 0.1) is 15.4 Å². The van der Waals surface area contributed by atoms with E-state index in [4.69, 9.17) is 0 Å². The molecule has 0 aromatic heterocycles. The van der Waals surface area contributed by atoms with Crippen LogP contribution in [0.4, 0.5) is 0 Å². The molecule has 5 fully saturated rings. The first-order chi connectivity index (χ1) is 16.4. The van der Waals surface area contributed by atoms with E-state index in [9.17, 15) is 22.6 Å². The zero-order valence-electron chi connectivity index (χ0n) is 21.8. The van der Waals surface area contributed by atoms with E-state index in [-0.39, 0.29) is 18.9 Å². The molecular weight excluding hydrogens is 462 g/mol. The number of likely N-dealkylation sites (tertiary alicyclic amines) is 1. The summed E-state index contributed by atoms with van der Waals surface area (Å²) in [6, 6.07) is 0. The molecule has 5 aliphatic rings. The van der Waals surface area contributed by atoms with Crippen LogP contribution in [0.5, 0.6) is 0 Å². The molecule has 4 saturated carbocycles. The van der Waals surface area contributed by atoms with Gasteiger partial charge < -0.3 is 9.45 Å². The maximum Gasteiger partial charge on any atom is 0.222 e. The third-order valence-corrected chi connectivity index (χ3v) is 13.2. The van der Waals surface area contributed by atoms with Crippen LogP contribution in [0, 0.1) is 46.3 Å². The molecule has 0 bridgehead atoms. The van der Waals surface area contributed by atoms with Gasteiger partial charge in [-0.2, -0.15) is 0 Å². The quantitative estimate of drug-likeness (QED) is 0.500. The highest BCUT2D eigenvalue weighted by molar-refractivity contribution is 7.86. The molecule has 6 nitrogen and oxygen atoms in total. The summed E-state index contributed by atoms with van der Waals surface area (Å²) in [5.74, 6) is 4.50. The standard InChI is InChI=1S/C28H45NO5S/c1-18(4-9-26(31)29-15-12-21(17-29)35(32,33)34)23-7-8-24-22-6-5-19-16-20(30)10-13-27(19,2)25(22)11-14-28(23,24)3/h18-19,21-25H,4-17H2,1-3H3,(H,32,33,34)/p-1/t18-,19-,21-,22+,23-,24+,25+,27+,28-/m1/s1. The molecule has 0 radical (unpaired) electrons. The summed E-state index contributed by atoms with van der Waals surface area (Å²) < 4.78 is 33.9. The van der Waals surface area contributed by atoms with Crippen molar-refractivity contribution in [2.24, 2.45) is 46.3 Å². The Bertz CT molecular complexity index is 964. The number of Topliss-reactive ketones (excluding diaryl/α,β-unsaturated/α-hetero) is 1. The van der Waals surface area contributed by atoms with E-state index in [0.29, 0.717) is 47.3 Å². The number of nitrogens with zero attached hydrogens (tertiary/aromatic N) is 1. The Morgan fingerprint density at radius 2 is 1.80 bits per heavy atom. The lowest BCUT2D eigenvalue weighted by molar-refractivity contribution is -0.140. The SMILES string of the molecule is C[C@H](CCC(=O)N1CC[C@@H](S(=O)(=O)[O-])C1)[C@H]1CC[C@H]2[C@@H]3CC[C@@H]4CC(=O)CC[C@]4(C)[C@H]3CC[C@]12C. The van der Waals surface area contributed by atoms with E-state index in [1.165, 1.54) is 38.5 Å². The van der Waals surface area contributed by atoms with Gasteiger partial charge in [-0.3, -0.25) is 9.59 Å². The molecule has 198 valence electrons. The average molecular weight is 507 g/mol. The molecule has 4 aliphatic carbocycles. The molecule has 7 heteroatoms. The first kappa shape index (κ1) is 25.7. The minimum atomic E-state index is -4.32. The molecule has 1 amide bonds. The highest BCUT2D eigenvalue weighted by atomic mass is 32.2. The van der Waals surface area contributed by atoms with Crippen molar-refractivity contribution in [3.05, 3.63) is 0 Å². The minimum Gasteiger partial charge on any atom is -0.748 e. The number of hydrogen-bond acceptors (Lipinski definition) is 5. The second-order valence-electron chi connectivity index (χ2n) is 13.4. The largest absolute Gasteiger partial charge is 0.748 e. The number of hydrogen-bond donors (Lipinski definition) is 0. The minimum absolute atomic E-state index is 0.00417. The van der Waals surface area contributed by atoms with Crippen LogP contribution in [0.3, 0.4) is 0 Å². The summed E-state index contributed by atoms with van der Waals surface area (Å²) >= 11 is 0. The zero-order chi connectivity index (χ0) is 25.2. The number of ketones is 1. The van der Waals surface area contributed by atoms with E-state index in [0.717, 1.165) is 43.4 Å². The first-order valence-corrected chi connectivity index (χ1v) is 15.6. The van der Waals surface area contributed by atoms with E-state index in [1.54, 1.807) is 4.90 Å². The van der Waals surface area contributed by atoms with Gasteiger partial charge >= 0.3 is 0 Å². The fourth-order valence-electron chi connectivity index (χ4n) is 9.92. The van der Waals surface area contributed by atoms with Crippen LogP contribution in [0.1, 0.15) is 97.8 Å². The number of rotatable bonds is 5. The lowest BCUT2D eigenvalue weighted by atomic mass is 9.44. The summed E-state index contributed by atoms with van der Waals surface area (Å²) in [6.07, 6.45) is 11.9. The van der Waals surface area contributed by atoms with Crippen molar-refractivity contribution < 1.29 is 22.6 Å². The topological polar surface area (TPSA) is 94.6 Å². The molecule has 9 atom stereocenters. The zero-order valence-corrected chi connectivity index (χ0v) is 22.7. The Kier molecular flexibility index (Phi) is 6.69. The van der Waals surface area contributed by atoms with Crippen LogP contribution in [0.25, 0.3) is 0 Å². The van der Waals surface area contributed by atoms with Crippen LogP contribution in [-0.4, -0.2) is 47.9 Å². The molecule has 0 spiro atoms. The van der Waals surface area contributed by atoms with Gasteiger partial charge in [0.2, 0.25) is 5.91 Å². The molecule has 1 saturated heterocycles. The molecule has 0 aromatic rings. The number of fused-ring (bicyclic) bond motifs is 5. The van der Waals surface area contributed by atoms with Crippen LogP contribution in [0.15, 0.2) is 0 Å². The van der Waals surface area contributed by atoms with Crippen molar-refractivity contribution in [1.82, 2.24) is 4.90 Å². The van der Waals surface area contributed by atoms with Gasteiger partial charge in [0.1, 0.15) is 5.78 Å². The van der Waals surface area contributed by atoms with Crippen molar-refractivity contribution in [2.45, 2.75) is 103 Å². The van der Waals surface area contributed by atoms with Crippen LogP contribution in [0.2, 0.25) is 0 Å². The van der Waals surface area contributed by atoms with Gasteiger partial charge in [0, 0.05) is 32.4 Å². The van der Waals surface area contributed by atoms with Gasteiger partial charge in [-0.1, -0.05) is 20.8 Å². The van der Waals surface area contributed by atoms with Crippen LogP contribution >= 0.6 is 0 Å². The van der Waals surface area contributed by atoms with Crippen molar-refractivity contribution >= 4 is 21.8 Å². The monoisotopic (exact) mass is 506 g/mol. The first-order valence-electron chi connectivity index (χ1n) is 14.2. The lowest BCUT2D eigenvalue weighted by Gasteiger charge is -2.60. The Balaban J connectivity index is 1.20. The van der Waals surface area contributed by atoms with E-state index < -0.39 is 15.4 Å². The Morgan fingerprint density at radius 3 is 2.51 bits per heavy atom. The number of carbonyl (C=O) groups excluding carboxylic acids is 2. The van der Waals surface area contributed by atoms with Gasteiger partial charge in [0.25, 0.3) is 0 Å². The summed E-state index contributed by atoms with van der Waals surface area (Å²) in [6.45, 7) is 7.81. The van der Waals surface area contributed by atoms with Crippen molar-refractivity contribution in [3.63, 3.8) is 0 Å².